The minimum absolute atomic E-state index is 0.00581. The molecule has 0 saturated heterocycles. The van der Waals surface area contributed by atoms with E-state index in [1.54, 1.807) is 12.1 Å². The van der Waals surface area contributed by atoms with Gasteiger partial charge in [0.2, 0.25) is 0 Å². The van der Waals surface area contributed by atoms with Gasteiger partial charge in [0.1, 0.15) is 11.0 Å². The largest absolute Gasteiger partial charge is 0.399 e. The molecule has 0 radical (unpaired) electrons. The van der Waals surface area contributed by atoms with Crippen molar-refractivity contribution in [2.24, 2.45) is 0 Å². The maximum atomic E-state index is 12.4. The lowest BCUT2D eigenvalue weighted by molar-refractivity contribution is 0.601. The molecule has 0 aliphatic rings. The van der Waals surface area contributed by atoms with Gasteiger partial charge >= 0.3 is 0 Å². The van der Waals surface area contributed by atoms with Crippen LogP contribution in [0.3, 0.4) is 0 Å². The number of rotatable bonds is 3. The fourth-order valence-electron chi connectivity index (χ4n) is 1.80. The summed E-state index contributed by atoms with van der Waals surface area (Å²) >= 11 is 3.34. The van der Waals surface area contributed by atoms with Crippen molar-refractivity contribution >= 4 is 37.3 Å². The lowest BCUT2D eigenvalue weighted by Gasteiger charge is -2.12. The van der Waals surface area contributed by atoms with Gasteiger partial charge in [0.25, 0.3) is 10.0 Å². The highest BCUT2D eigenvalue weighted by molar-refractivity contribution is 9.10. The van der Waals surface area contributed by atoms with E-state index in [9.17, 15) is 8.42 Å². The highest BCUT2D eigenvalue weighted by Crippen LogP contribution is 2.29. The van der Waals surface area contributed by atoms with Crippen LogP contribution in [0.5, 0.6) is 0 Å². The van der Waals surface area contributed by atoms with Crippen molar-refractivity contribution in [3.8, 4) is 6.07 Å². The van der Waals surface area contributed by atoms with Gasteiger partial charge in [-0.25, -0.2) is 8.42 Å². The first-order valence-corrected chi connectivity index (χ1v) is 8.20. The van der Waals surface area contributed by atoms with Crippen molar-refractivity contribution in [3.63, 3.8) is 0 Å². The molecule has 2 rings (SSSR count). The minimum atomic E-state index is -3.87. The molecular weight excluding hydrogens is 354 g/mol. The first-order chi connectivity index (χ1) is 9.85. The average Bonchev–Trinajstić information content (AvgIpc) is 2.43. The Labute approximate surface area is 131 Å². The van der Waals surface area contributed by atoms with Crippen LogP contribution in [0.2, 0.25) is 0 Å². The predicted octanol–water partition coefficient (Wildman–Crippen LogP) is 3.01. The van der Waals surface area contributed by atoms with E-state index in [1.807, 2.05) is 19.1 Å². The summed E-state index contributed by atoms with van der Waals surface area (Å²) in [4.78, 5) is -0.104. The molecule has 7 heteroatoms. The van der Waals surface area contributed by atoms with Crippen molar-refractivity contribution in [2.45, 2.75) is 11.8 Å². The molecule has 0 heterocycles. The number of halogens is 1. The Morgan fingerprint density at radius 1 is 1.29 bits per heavy atom. The minimum Gasteiger partial charge on any atom is -0.399 e. The molecule has 0 unspecified atom stereocenters. The zero-order valence-electron chi connectivity index (χ0n) is 11.1. The third kappa shape index (κ3) is 3.17. The van der Waals surface area contributed by atoms with Gasteiger partial charge in [-0.2, -0.15) is 5.26 Å². The summed E-state index contributed by atoms with van der Waals surface area (Å²) in [6.07, 6.45) is 0. The second-order valence-corrected chi connectivity index (χ2v) is 6.85. The summed E-state index contributed by atoms with van der Waals surface area (Å²) in [5.41, 5.74) is 7.22. The summed E-state index contributed by atoms with van der Waals surface area (Å²) < 4.78 is 28.0. The van der Waals surface area contributed by atoms with Gasteiger partial charge in [-0.05, 0) is 52.7 Å². The van der Waals surface area contributed by atoms with Crippen LogP contribution >= 0.6 is 15.9 Å². The Balaban J connectivity index is 2.49. The molecule has 0 spiro atoms. The number of nitrogens with two attached hydrogens (primary N) is 1. The Morgan fingerprint density at radius 3 is 2.67 bits per heavy atom. The Bertz CT molecular complexity index is 842. The van der Waals surface area contributed by atoms with Crippen LogP contribution in [0, 0.1) is 18.3 Å². The van der Waals surface area contributed by atoms with E-state index < -0.39 is 10.0 Å². The van der Waals surface area contributed by atoms with Crippen LogP contribution in [-0.4, -0.2) is 8.42 Å². The zero-order chi connectivity index (χ0) is 15.6. The van der Waals surface area contributed by atoms with Crippen molar-refractivity contribution in [1.29, 1.82) is 5.26 Å². The molecule has 0 amide bonds. The van der Waals surface area contributed by atoms with Gasteiger partial charge in [-0.3, -0.25) is 4.72 Å². The van der Waals surface area contributed by atoms with Crippen LogP contribution in [0.15, 0.2) is 45.8 Å². The first kappa shape index (κ1) is 15.4. The van der Waals surface area contributed by atoms with Crippen LogP contribution in [0.25, 0.3) is 0 Å². The molecule has 0 bridgehead atoms. The maximum Gasteiger partial charge on any atom is 0.263 e. The topological polar surface area (TPSA) is 96.0 Å². The van der Waals surface area contributed by atoms with Gasteiger partial charge in [-0.15, -0.1) is 0 Å². The number of nitrogens with zero attached hydrogens (tertiary/aromatic N) is 1. The molecule has 2 aromatic rings. The second kappa shape index (κ2) is 5.76. The smallest absolute Gasteiger partial charge is 0.263 e. The summed E-state index contributed by atoms with van der Waals surface area (Å²) in [6, 6.07) is 11.2. The molecule has 0 fully saturated rings. The lowest BCUT2D eigenvalue weighted by Crippen LogP contribution is -2.15. The van der Waals surface area contributed by atoms with Crippen LogP contribution < -0.4 is 10.5 Å². The standard InChI is InChI=1S/C14H12BrN3O2S/c1-9-3-2-4-12(14(9)15)18-21(19,20)13-6-5-11(17)7-10(13)8-16/h2-7,18H,17H2,1H3. The van der Waals surface area contributed by atoms with Crippen molar-refractivity contribution in [2.75, 3.05) is 10.5 Å². The second-order valence-electron chi connectivity index (χ2n) is 4.41. The van der Waals surface area contributed by atoms with E-state index in [-0.39, 0.29) is 10.5 Å². The van der Waals surface area contributed by atoms with E-state index in [0.717, 1.165) is 5.56 Å². The van der Waals surface area contributed by atoms with E-state index >= 15 is 0 Å². The average molecular weight is 366 g/mol. The number of nitrogen functional groups attached to an aromatic ring is 1. The normalized spacial score (nSPS) is 10.9. The molecule has 108 valence electrons. The Morgan fingerprint density at radius 2 is 2.00 bits per heavy atom. The monoisotopic (exact) mass is 365 g/mol. The third-order valence-corrected chi connectivity index (χ3v) is 5.33. The lowest BCUT2D eigenvalue weighted by atomic mass is 10.2. The fraction of sp³-hybridized carbons (Fsp3) is 0.0714. The van der Waals surface area contributed by atoms with Crippen molar-refractivity contribution in [1.82, 2.24) is 0 Å². The SMILES string of the molecule is Cc1cccc(NS(=O)(=O)c2ccc(N)cc2C#N)c1Br. The number of sulfonamides is 1. The summed E-state index contributed by atoms with van der Waals surface area (Å²) in [5, 5.41) is 9.06. The number of hydrogen-bond donors (Lipinski definition) is 2. The third-order valence-electron chi connectivity index (χ3n) is 2.85. The number of nitrogens with one attached hydrogen (secondary N) is 1. The van der Waals surface area contributed by atoms with Crippen LogP contribution in [0.4, 0.5) is 11.4 Å². The fourth-order valence-corrected chi connectivity index (χ4v) is 3.50. The molecule has 0 aliphatic carbocycles. The number of hydrogen-bond acceptors (Lipinski definition) is 4. The van der Waals surface area contributed by atoms with E-state index in [2.05, 4.69) is 20.7 Å². The number of aryl methyl sites for hydroxylation is 1. The highest BCUT2D eigenvalue weighted by Gasteiger charge is 2.20. The summed E-state index contributed by atoms with van der Waals surface area (Å²) in [7, 11) is -3.87. The number of nitriles is 1. The van der Waals surface area contributed by atoms with Gasteiger partial charge < -0.3 is 5.73 Å². The molecular formula is C14H12BrN3O2S. The molecule has 21 heavy (non-hydrogen) atoms. The maximum absolute atomic E-state index is 12.4. The Kier molecular flexibility index (Phi) is 4.21. The van der Waals surface area contributed by atoms with Crippen LogP contribution in [-0.2, 0) is 10.0 Å². The highest BCUT2D eigenvalue weighted by atomic mass is 79.9. The molecule has 5 nitrogen and oxygen atoms in total. The predicted molar refractivity (Wildman–Crippen MR) is 85.3 cm³/mol. The van der Waals surface area contributed by atoms with E-state index in [4.69, 9.17) is 11.0 Å². The van der Waals surface area contributed by atoms with Crippen molar-refractivity contribution < 1.29 is 8.42 Å². The zero-order valence-corrected chi connectivity index (χ0v) is 13.5. The Hall–Kier alpha value is -2.04. The number of benzene rings is 2. The quantitative estimate of drug-likeness (QED) is 0.817. The van der Waals surface area contributed by atoms with Gasteiger partial charge in [0.15, 0.2) is 0 Å². The van der Waals surface area contributed by atoms with Gasteiger partial charge in [-0.1, -0.05) is 12.1 Å². The molecule has 2 aromatic carbocycles. The number of anilines is 2. The van der Waals surface area contributed by atoms with E-state index in [0.29, 0.717) is 15.8 Å². The molecule has 0 atom stereocenters. The van der Waals surface area contributed by atoms with Crippen molar-refractivity contribution in [3.05, 3.63) is 52.0 Å². The van der Waals surface area contributed by atoms with Crippen LogP contribution in [0.1, 0.15) is 11.1 Å². The van der Waals surface area contributed by atoms with Gasteiger partial charge in [0.05, 0.1) is 11.3 Å². The summed E-state index contributed by atoms with van der Waals surface area (Å²) in [6.45, 7) is 1.85. The first-order valence-electron chi connectivity index (χ1n) is 5.92. The van der Waals surface area contributed by atoms with E-state index in [1.165, 1.54) is 18.2 Å². The molecule has 0 aliphatic heterocycles. The molecule has 0 aromatic heterocycles. The summed E-state index contributed by atoms with van der Waals surface area (Å²) in [5.74, 6) is 0. The molecule has 3 N–H and O–H groups in total. The molecule has 0 saturated carbocycles. The van der Waals surface area contributed by atoms with Gasteiger partial charge in [0, 0.05) is 10.2 Å².